The quantitative estimate of drug-likeness (QED) is 0.0530. The molecule has 4 aliphatic carbocycles. The standard InChI is InChI=1S/C53H93N7O5/c1-5-6-7-8-9-13-31-60(49(61)22-11-10-12-30-57-45-20-14-21-46-51(45)59-65-58-46)32-15-19-39(2)42-23-24-43-50-44(38-48(53(42,43)4)64-35-18-29-56)52(3)26-25-41(62-33-16-27-54)36-40(52)37-47(50)63-34-17-28-55/h14,20-21,39-44,47-48,50,57H,5-13,15-19,22-38,54-56H2,1-4H3/t39-,40?,41-,42-,43+,44+,47-,48+,50?,52+,53+/m1/s1. The van der Waals surface area contributed by atoms with Crippen LogP contribution in [0.2, 0.25) is 0 Å². The Morgan fingerprint density at radius 3 is 2.32 bits per heavy atom. The molecule has 1 aromatic heterocycles. The summed E-state index contributed by atoms with van der Waals surface area (Å²) in [6.45, 7) is 16.9. The molecule has 4 saturated carbocycles. The lowest BCUT2D eigenvalue weighted by molar-refractivity contribution is -0.227. The molecule has 7 N–H and O–H groups in total. The first-order chi connectivity index (χ1) is 31.7. The number of ether oxygens (including phenoxy) is 3. The van der Waals surface area contributed by atoms with Crippen molar-refractivity contribution < 1.29 is 23.6 Å². The molecule has 0 spiro atoms. The van der Waals surface area contributed by atoms with E-state index < -0.39 is 0 Å². The second-order valence-corrected chi connectivity index (χ2v) is 21.4. The number of nitrogens with zero attached hydrogens (tertiary/aromatic N) is 3. The van der Waals surface area contributed by atoms with Crippen LogP contribution >= 0.6 is 0 Å². The summed E-state index contributed by atoms with van der Waals surface area (Å²) in [6.07, 6.45) is 24.9. The second kappa shape index (κ2) is 26.4. The van der Waals surface area contributed by atoms with Crippen molar-refractivity contribution in [2.45, 2.75) is 187 Å². The second-order valence-electron chi connectivity index (χ2n) is 21.4. The molecule has 0 bridgehead atoms. The Kier molecular flexibility index (Phi) is 21.1. The van der Waals surface area contributed by atoms with Gasteiger partial charge in [-0.2, -0.15) is 0 Å². The molecule has 1 heterocycles. The van der Waals surface area contributed by atoms with E-state index in [4.69, 9.17) is 36.0 Å². The number of amides is 1. The summed E-state index contributed by atoms with van der Waals surface area (Å²) in [5, 5.41) is 11.5. The average Bonchev–Trinajstić information content (AvgIpc) is 3.94. The lowest BCUT2D eigenvalue weighted by atomic mass is 9.43. The van der Waals surface area contributed by atoms with Gasteiger partial charge < -0.3 is 41.6 Å². The minimum atomic E-state index is 0.0671. The van der Waals surface area contributed by atoms with Gasteiger partial charge in [-0.15, -0.1) is 0 Å². The third-order valence-electron chi connectivity index (χ3n) is 17.4. The fourth-order valence-electron chi connectivity index (χ4n) is 13.8. The van der Waals surface area contributed by atoms with Gasteiger partial charge in [0.2, 0.25) is 5.91 Å². The Labute approximate surface area is 393 Å². The lowest BCUT2D eigenvalue weighted by Gasteiger charge is -2.65. The molecule has 1 amide bonds. The van der Waals surface area contributed by atoms with Gasteiger partial charge in [0.15, 0.2) is 5.52 Å². The molecule has 6 rings (SSSR count). The maximum absolute atomic E-state index is 13.9. The van der Waals surface area contributed by atoms with Crippen LogP contribution in [0.5, 0.6) is 0 Å². The van der Waals surface area contributed by atoms with E-state index in [1.807, 2.05) is 18.2 Å². The number of anilines is 1. The predicted molar refractivity (Wildman–Crippen MR) is 263 cm³/mol. The van der Waals surface area contributed by atoms with Crippen LogP contribution in [0.1, 0.15) is 169 Å². The summed E-state index contributed by atoms with van der Waals surface area (Å²) in [7, 11) is 0. The highest BCUT2D eigenvalue weighted by molar-refractivity contribution is 5.86. The molecule has 1 aromatic carbocycles. The summed E-state index contributed by atoms with van der Waals surface area (Å²) < 4.78 is 25.5. The third-order valence-corrected chi connectivity index (χ3v) is 17.4. The summed E-state index contributed by atoms with van der Waals surface area (Å²) in [4.78, 5) is 16.1. The zero-order chi connectivity index (χ0) is 46.1. The van der Waals surface area contributed by atoms with E-state index in [1.54, 1.807) is 0 Å². The number of fused-ring (bicyclic) bond motifs is 6. The van der Waals surface area contributed by atoms with Crippen molar-refractivity contribution in [3.63, 3.8) is 0 Å². The smallest absolute Gasteiger partial charge is 0.222 e. The minimum absolute atomic E-state index is 0.0671. The Hall–Kier alpha value is -2.35. The van der Waals surface area contributed by atoms with E-state index in [0.717, 1.165) is 140 Å². The van der Waals surface area contributed by atoms with Crippen molar-refractivity contribution in [1.82, 2.24) is 15.2 Å². The first-order valence-corrected chi connectivity index (χ1v) is 26.9. The van der Waals surface area contributed by atoms with Crippen LogP contribution in [-0.2, 0) is 19.0 Å². The van der Waals surface area contributed by atoms with Gasteiger partial charge in [-0.05, 0) is 179 Å². The van der Waals surface area contributed by atoms with E-state index in [1.165, 1.54) is 51.4 Å². The van der Waals surface area contributed by atoms with E-state index in [9.17, 15) is 4.79 Å². The Bertz CT molecular complexity index is 1660. The van der Waals surface area contributed by atoms with Crippen molar-refractivity contribution in [3.05, 3.63) is 18.2 Å². The molecule has 11 atom stereocenters. The van der Waals surface area contributed by atoms with Crippen LogP contribution in [-0.4, -0.2) is 98.5 Å². The number of hydrogen-bond donors (Lipinski definition) is 4. The third kappa shape index (κ3) is 13.3. The topological polar surface area (TPSA) is 177 Å². The fraction of sp³-hybridized carbons (Fsp3) is 0.868. The first-order valence-electron chi connectivity index (χ1n) is 26.9. The van der Waals surface area contributed by atoms with Crippen LogP contribution in [0.15, 0.2) is 22.8 Å². The molecule has 0 aliphatic heterocycles. The maximum Gasteiger partial charge on any atom is 0.222 e. The van der Waals surface area contributed by atoms with Crippen LogP contribution in [0.3, 0.4) is 0 Å². The zero-order valence-corrected chi connectivity index (χ0v) is 41.5. The number of carbonyl (C=O) groups is 1. The monoisotopic (exact) mass is 908 g/mol. The Balaban J connectivity index is 1.09. The van der Waals surface area contributed by atoms with Gasteiger partial charge in [-0.1, -0.05) is 72.3 Å². The summed E-state index contributed by atoms with van der Waals surface area (Å²) in [5.74, 6) is 3.68. The number of nitrogens with two attached hydrogens (primary N) is 3. The molecule has 0 saturated heterocycles. The lowest BCUT2D eigenvalue weighted by Crippen LogP contribution is -2.63. The number of unbranched alkanes of at least 4 members (excludes halogenated alkanes) is 7. The largest absolute Gasteiger partial charge is 0.383 e. The molecule has 12 nitrogen and oxygen atoms in total. The van der Waals surface area contributed by atoms with Crippen LogP contribution < -0.4 is 22.5 Å². The van der Waals surface area contributed by atoms with Gasteiger partial charge in [0, 0.05) is 51.3 Å². The highest BCUT2D eigenvalue weighted by Crippen LogP contribution is 2.69. The number of hydrogen-bond acceptors (Lipinski definition) is 11. The summed E-state index contributed by atoms with van der Waals surface area (Å²) >= 11 is 0. The van der Waals surface area contributed by atoms with Crippen LogP contribution in [0, 0.1) is 46.3 Å². The van der Waals surface area contributed by atoms with Gasteiger partial charge >= 0.3 is 0 Å². The number of aromatic nitrogens is 2. The molecule has 2 aromatic rings. The van der Waals surface area contributed by atoms with Gasteiger partial charge in [0.1, 0.15) is 5.52 Å². The maximum atomic E-state index is 13.9. The van der Waals surface area contributed by atoms with Gasteiger partial charge in [-0.3, -0.25) is 4.79 Å². The van der Waals surface area contributed by atoms with Gasteiger partial charge in [0.05, 0.1) is 24.0 Å². The molecule has 12 heteroatoms. The SMILES string of the molecule is CCCCCCCCN(CCC[C@@H](C)[C@H]1CC[C@H]2C3[C@H](OCCCN)CC4C[C@H](OCCCN)CC[C@]4(C)[C@H]3C[C@H](OCCCN)[C@@]12C)C(=O)CCCCCNc1cccc2nonc12. The minimum Gasteiger partial charge on any atom is -0.383 e. The van der Waals surface area contributed by atoms with Crippen molar-refractivity contribution in [2.75, 3.05) is 64.4 Å². The molecular weight excluding hydrogens is 815 g/mol. The normalized spacial score (nSPS) is 30.2. The summed E-state index contributed by atoms with van der Waals surface area (Å²) in [5.41, 5.74) is 20.7. The Morgan fingerprint density at radius 1 is 0.815 bits per heavy atom. The van der Waals surface area contributed by atoms with E-state index in [-0.39, 0.29) is 23.0 Å². The van der Waals surface area contributed by atoms with Crippen molar-refractivity contribution >= 4 is 22.6 Å². The molecule has 4 aliphatic rings. The first kappa shape index (κ1) is 52.0. The van der Waals surface area contributed by atoms with Crippen LogP contribution in [0.25, 0.3) is 11.0 Å². The number of nitrogens with one attached hydrogen (secondary N) is 1. The van der Waals surface area contributed by atoms with Crippen molar-refractivity contribution in [1.29, 1.82) is 0 Å². The summed E-state index contributed by atoms with van der Waals surface area (Å²) in [6, 6.07) is 5.88. The van der Waals surface area contributed by atoms with Crippen LogP contribution in [0.4, 0.5) is 5.69 Å². The zero-order valence-electron chi connectivity index (χ0n) is 41.5. The number of benzene rings is 1. The molecule has 0 radical (unpaired) electrons. The molecule has 2 unspecified atom stereocenters. The van der Waals surface area contributed by atoms with Gasteiger partial charge in [0.25, 0.3) is 0 Å². The highest BCUT2D eigenvalue weighted by atomic mass is 16.6. The Morgan fingerprint density at radius 2 is 1.54 bits per heavy atom. The van der Waals surface area contributed by atoms with E-state index in [2.05, 4.69) is 48.2 Å². The van der Waals surface area contributed by atoms with Gasteiger partial charge in [-0.25, -0.2) is 4.63 Å². The van der Waals surface area contributed by atoms with Crippen molar-refractivity contribution in [3.8, 4) is 0 Å². The highest BCUT2D eigenvalue weighted by Gasteiger charge is 2.66. The van der Waals surface area contributed by atoms with E-state index in [0.29, 0.717) is 73.6 Å². The molecular formula is C53H93N7O5. The molecule has 4 fully saturated rings. The van der Waals surface area contributed by atoms with Crippen molar-refractivity contribution in [2.24, 2.45) is 63.5 Å². The molecule has 65 heavy (non-hydrogen) atoms. The molecule has 370 valence electrons. The number of carbonyl (C=O) groups excluding carboxylic acids is 1. The van der Waals surface area contributed by atoms with E-state index >= 15 is 0 Å². The predicted octanol–water partition coefficient (Wildman–Crippen LogP) is 9.88. The average molecular weight is 908 g/mol. The number of rotatable bonds is 31. The fourth-order valence-corrected chi connectivity index (χ4v) is 13.8.